The monoisotopic (exact) mass is 213 g/mol. The zero-order valence-electron chi connectivity index (χ0n) is 9.71. The zero-order chi connectivity index (χ0) is 11.0. The van der Waals surface area contributed by atoms with Crippen molar-refractivity contribution in [3.8, 4) is 0 Å². The smallest absolute Gasteiger partial charge is 0.0287 e. The molecule has 1 heteroatoms. The van der Waals surface area contributed by atoms with Crippen LogP contribution in [0.1, 0.15) is 36.8 Å². The summed E-state index contributed by atoms with van der Waals surface area (Å²) in [5, 5.41) is 0. The van der Waals surface area contributed by atoms with Crippen LogP contribution in [0.5, 0.6) is 0 Å². The van der Waals surface area contributed by atoms with Crippen molar-refractivity contribution in [1.82, 2.24) is 0 Å². The van der Waals surface area contributed by atoms with Crippen molar-refractivity contribution in [2.24, 2.45) is 5.73 Å². The highest BCUT2D eigenvalue weighted by Gasteiger charge is 2.39. The lowest BCUT2D eigenvalue weighted by molar-refractivity contribution is 0.382. The van der Waals surface area contributed by atoms with E-state index in [2.05, 4.69) is 30.3 Å². The molecule has 2 aliphatic rings. The minimum Gasteiger partial charge on any atom is -0.329 e. The molecule has 16 heavy (non-hydrogen) atoms. The first-order valence-electron chi connectivity index (χ1n) is 6.35. The van der Waals surface area contributed by atoms with E-state index < -0.39 is 0 Å². The lowest BCUT2D eigenvalue weighted by atomic mass is 9.62. The number of benzene rings is 1. The van der Waals surface area contributed by atoms with E-state index in [0.717, 1.165) is 13.0 Å². The molecule has 0 heterocycles. The average molecular weight is 213 g/mol. The van der Waals surface area contributed by atoms with Crippen LogP contribution in [0.15, 0.2) is 35.9 Å². The van der Waals surface area contributed by atoms with Crippen molar-refractivity contribution in [3.05, 3.63) is 47.0 Å². The zero-order valence-corrected chi connectivity index (χ0v) is 9.71. The highest BCUT2D eigenvalue weighted by molar-refractivity contribution is 5.48. The highest BCUT2D eigenvalue weighted by Crippen LogP contribution is 2.46. The summed E-state index contributed by atoms with van der Waals surface area (Å²) in [6.07, 6.45) is 8.71. The van der Waals surface area contributed by atoms with Gasteiger partial charge in [-0.2, -0.15) is 0 Å². The molecular weight excluding hydrogens is 194 g/mol. The Kier molecular flexibility index (Phi) is 2.36. The first-order valence-corrected chi connectivity index (χ1v) is 6.35. The molecule has 1 nitrogen and oxygen atoms in total. The van der Waals surface area contributed by atoms with Crippen LogP contribution in [-0.4, -0.2) is 6.54 Å². The van der Waals surface area contributed by atoms with Gasteiger partial charge in [0.1, 0.15) is 0 Å². The summed E-state index contributed by atoms with van der Waals surface area (Å²) in [4.78, 5) is 0. The molecule has 2 aliphatic carbocycles. The van der Waals surface area contributed by atoms with Gasteiger partial charge in [-0.25, -0.2) is 0 Å². The van der Waals surface area contributed by atoms with E-state index in [-0.39, 0.29) is 5.41 Å². The molecule has 2 N–H and O–H groups in total. The summed E-state index contributed by atoms with van der Waals surface area (Å²) in [6, 6.07) is 8.85. The molecule has 0 aliphatic heterocycles. The van der Waals surface area contributed by atoms with E-state index in [1.165, 1.54) is 36.8 Å². The van der Waals surface area contributed by atoms with Crippen LogP contribution in [0.3, 0.4) is 0 Å². The third-order valence-corrected chi connectivity index (χ3v) is 4.36. The summed E-state index contributed by atoms with van der Waals surface area (Å²) in [7, 11) is 0. The van der Waals surface area contributed by atoms with Crippen molar-refractivity contribution in [2.75, 3.05) is 6.54 Å². The molecule has 1 aromatic rings. The minimum absolute atomic E-state index is 0.188. The predicted octanol–water partition coefficient (Wildman–Crippen LogP) is 2.94. The average Bonchev–Trinajstić information content (AvgIpc) is 2.38. The first kappa shape index (κ1) is 10.1. The quantitative estimate of drug-likeness (QED) is 0.713. The molecule has 0 spiro atoms. The molecule has 1 aromatic carbocycles. The fourth-order valence-electron chi connectivity index (χ4n) is 3.49. The van der Waals surface area contributed by atoms with Crippen LogP contribution in [-0.2, 0) is 11.8 Å². The fraction of sp³-hybridized carbons (Fsp3) is 0.467. The van der Waals surface area contributed by atoms with Crippen LogP contribution >= 0.6 is 0 Å². The predicted molar refractivity (Wildman–Crippen MR) is 67.4 cm³/mol. The van der Waals surface area contributed by atoms with Gasteiger partial charge in [-0.15, -0.1) is 0 Å². The van der Waals surface area contributed by atoms with Gasteiger partial charge in [0, 0.05) is 12.0 Å². The van der Waals surface area contributed by atoms with Gasteiger partial charge in [-0.1, -0.05) is 42.3 Å². The number of allylic oxidation sites excluding steroid dienone is 1. The fourth-order valence-corrected chi connectivity index (χ4v) is 3.49. The van der Waals surface area contributed by atoms with E-state index in [0.29, 0.717) is 0 Å². The lowest BCUT2D eigenvalue weighted by Crippen LogP contribution is -2.41. The summed E-state index contributed by atoms with van der Waals surface area (Å²) in [6.45, 7) is 0.774. The molecule has 0 bridgehead atoms. The van der Waals surface area contributed by atoms with Gasteiger partial charge in [0.25, 0.3) is 0 Å². The van der Waals surface area contributed by atoms with E-state index in [4.69, 9.17) is 5.73 Å². The molecule has 1 unspecified atom stereocenters. The molecule has 0 radical (unpaired) electrons. The molecule has 1 fully saturated rings. The van der Waals surface area contributed by atoms with Crippen LogP contribution in [0.25, 0.3) is 0 Å². The third kappa shape index (κ3) is 1.28. The Bertz CT molecular complexity index is 433. The molecule has 0 saturated heterocycles. The van der Waals surface area contributed by atoms with Crippen LogP contribution < -0.4 is 5.73 Å². The van der Waals surface area contributed by atoms with Crippen molar-refractivity contribution in [2.45, 2.75) is 37.5 Å². The Morgan fingerprint density at radius 1 is 1.19 bits per heavy atom. The maximum atomic E-state index is 6.12. The Labute approximate surface area is 97.4 Å². The molecule has 0 aromatic heterocycles. The van der Waals surface area contributed by atoms with Gasteiger partial charge < -0.3 is 5.73 Å². The maximum absolute atomic E-state index is 6.12. The number of fused-ring (bicyclic) bond motifs is 3. The van der Waals surface area contributed by atoms with Gasteiger partial charge in [0.05, 0.1) is 0 Å². The second-order valence-corrected chi connectivity index (χ2v) is 5.08. The molecule has 84 valence electrons. The van der Waals surface area contributed by atoms with Crippen molar-refractivity contribution in [1.29, 1.82) is 0 Å². The number of hydrogen-bond donors (Lipinski definition) is 1. The summed E-state index contributed by atoms with van der Waals surface area (Å²) >= 11 is 0. The summed E-state index contributed by atoms with van der Waals surface area (Å²) in [5.74, 6) is 0. The van der Waals surface area contributed by atoms with Crippen LogP contribution in [0.2, 0.25) is 0 Å². The van der Waals surface area contributed by atoms with E-state index >= 15 is 0 Å². The minimum atomic E-state index is 0.188. The Balaban J connectivity index is 2.16. The van der Waals surface area contributed by atoms with Gasteiger partial charge >= 0.3 is 0 Å². The van der Waals surface area contributed by atoms with E-state index in [1.54, 1.807) is 5.57 Å². The molecule has 1 saturated carbocycles. The summed E-state index contributed by atoms with van der Waals surface area (Å²) in [5.41, 5.74) is 10.9. The number of nitrogens with two attached hydrogens (primary N) is 1. The second kappa shape index (κ2) is 3.74. The SMILES string of the molecule is NCC12CCCCC1=CCc1ccccc12. The maximum Gasteiger partial charge on any atom is 0.0287 e. The Morgan fingerprint density at radius 3 is 2.94 bits per heavy atom. The number of rotatable bonds is 1. The van der Waals surface area contributed by atoms with E-state index in [1.807, 2.05) is 0 Å². The first-order chi connectivity index (χ1) is 7.87. The molecule has 3 rings (SSSR count). The summed E-state index contributed by atoms with van der Waals surface area (Å²) < 4.78 is 0. The standard InChI is InChI=1S/C15H19N/c16-11-15-10-4-3-6-13(15)9-8-12-5-1-2-7-14(12)15/h1-2,5,7,9H,3-4,6,8,10-11,16H2. The van der Waals surface area contributed by atoms with E-state index in [9.17, 15) is 0 Å². The highest BCUT2D eigenvalue weighted by atomic mass is 14.6. The Morgan fingerprint density at radius 2 is 2.06 bits per heavy atom. The van der Waals surface area contributed by atoms with Gasteiger partial charge in [0.2, 0.25) is 0 Å². The van der Waals surface area contributed by atoms with Crippen molar-refractivity contribution in [3.63, 3.8) is 0 Å². The lowest BCUT2D eigenvalue weighted by Gasteiger charge is -2.43. The molecule has 1 atom stereocenters. The van der Waals surface area contributed by atoms with Crippen LogP contribution in [0, 0.1) is 0 Å². The van der Waals surface area contributed by atoms with Gasteiger partial charge in [0.15, 0.2) is 0 Å². The Hall–Kier alpha value is -1.08. The molecular formula is C15H19N. The largest absolute Gasteiger partial charge is 0.329 e. The van der Waals surface area contributed by atoms with Gasteiger partial charge in [-0.3, -0.25) is 0 Å². The second-order valence-electron chi connectivity index (χ2n) is 5.08. The van der Waals surface area contributed by atoms with Crippen LogP contribution in [0.4, 0.5) is 0 Å². The normalized spacial score (nSPS) is 27.9. The topological polar surface area (TPSA) is 26.0 Å². The van der Waals surface area contributed by atoms with Crippen molar-refractivity contribution < 1.29 is 0 Å². The van der Waals surface area contributed by atoms with Gasteiger partial charge in [-0.05, 0) is 36.8 Å². The molecule has 0 amide bonds. The third-order valence-electron chi connectivity index (χ3n) is 4.36. The number of hydrogen-bond acceptors (Lipinski definition) is 1. The van der Waals surface area contributed by atoms with Crippen molar-refractivity contribution >= 4 is 0 Å².